The number of aryl methyl sites for hydroxylation is 1. The first-order chi connectivity index (χ1) is 6.65. The van der Waals surface area contributed by atoms with Crippen LogP contribution >= 0.6 is 0 Å². The molecule has 0 amide bonds. The van der Waals surface area contributed by atoms with Crippen LogP contribution in [0.15, 0.2) is 12.3 Å². The second kappa shape index (κ2) is 3.39. The van der Waals surface area contributed by atoms with Crippen molar-refractivity contribution in [3.63, 3.8) is 0 Å². The molecule has 0 radical (unpaired) electrons. The summed E-state index contributed by atoms with van der Waals surface area (Å²) in [5.74, 6) is 0.577. The van der Waals surface area contributed by atoms with Crippen LogP contribution in [0.2, 0.25) is 0 Å². The van der Waals surface area contributed by atoms with Crippen LogP contribution in [0, 0.1) is 5.41 Å². The second-order valence-corrected chi connectivity index (χ2v) is 4.61. The monoisotopic (exact) mass is 193 g/mol. The number of nitrogens with one attached hydrogen (secondary N) is 1. The highest BCUT2D eigenvalue weighted by Crippen LogP contribution is 2.40. The van der Waals surface area contributed by atoms with E-state index in [9.17, 15) is 0 Å². The van der Waals surface area contributed by atoms with E-state index >= 15 is 0 Å². The molecule has 1 aliphatic rings. The zero-order chi connectivity index (χ0) is 10.2. The summed E-state index contributed by atoms with van der Waals surface area (Å²) < 4.78 is 1.89. The lowest BCUT2D eigenvalue weighted by Gasteiger charge is -2.27. The molecule has 0 bridgehead atoms. The van der Waals surface area contributed by atoms with Gasteiger partial charge in [0.2, 0.25) is 0 Å². The van der Waals surface area contributed by atoms with Crippen LogP contribution in [0.3, 0.4) is 0 Å². The molecule has 0 aromatic carbocycles. The van der Waals surface area contributed by atoms with E-state index in [1.165, 1.54) is 12.1 Å². The molecule has 0 spiro atoms. The van der Waals surface area contributed by atoms with Crippen molar-refractivity contribution in [2.24, 2.45) is 12.5 Å². The average Bonchev–Trinajstić information content (AvgIpc) is 2.73. The van der Waals surface area contributed by atoms with Crippen molar-refractivity contribution >= 4 is 0 Å². The first-order valence-electron chi connectivity index (χ1n) is 5.36. The fraction of sp³-hybridized carbons (Fsp3) is 0.727. The minimum absolute atomic E-state index is 0.383. The Balaban J connectivity index is 2.26. The first kappa shape index (κ1) is 9.71. The van der Waals surface area contributed by atoms with Gasteiger partial charge in [-0.05, 0) is 17.9 Å². The molecule has 14 heavy (non-hydrogen) atoms. The van der Waals surface area contributed by atoms with Crippen LogP contribution in [-0.2, 0) is 7.05 Å². The van der Waals surface area contributed by atoms with Gasteiger partial charge in [-0.25, -0.2) is 0 Å². The highest BCUT2D eigenvalue weighted by Gasteiger charge is 2.39. The Morgan fingerprint density at radius 2 is 2.50 bits per heavy atom. The van der Waals surface area contributed by atoms with Gasteiger partial charge in [0.05, 0.1) is 5.69 Å². The molecule has 2 atom stereocenters. The highest BCUT2D eigenvalue weighted by molar-refractivity contribution is 5.15. The Morgan fingerprint density at radius 1 is 1.71 bits per heavy atom. The maximum absolute atomic E-state index is 4.51. The molecule has 2 rings (SSSR count). The van der Waals surface area contributed by atoms with E-state index in [1.807, 2.05) is 17.9 Å². The van der Waals surface area contributed by atoms with E-state index in [0.29, 0.717) is 11.3 Å². The third-order valence-electron chi connectivity index (χ3n) is 3.62. The standard InChI is InChI=1S/C11H19N3/c1-4-11(2)8-12-7-9(11)10-5-6-14(3)13-10/h5-6,9,12H,4,7-8H2,1-3H3/t9-,11-/m1/s1. The van der Waals surface area contributed by atoms with Crippen LogP contribution in [0.4, 0.5) is 0 Å². The fourth-order valence-electron chi connectivity index (χ4n) is 2.32. The Morgan fingerprint density at radius 3 is 3.07 bits per heavy atom. The Bertz CT molecular complexity index is 318. The molecule has 1 aromatic rings. The van der Waals surface area contributed by atoms with Gasteiger partial charge in [0.25, 0.3) is 0 Å². The Hall–Kier alpha value is -0.830. The zero-order valence-corrected chi connectivity index (χ0v) is 9.25. The summed E-state index contributed by atoms with van der Waals surface area (Å²) in [5.41, 5.74) is 1.62. The summed E-state index contributed by atoms with van der Waals surface area (Å²) in [4.78, 5) is 0. The molecule has 1 aliphatic heterocycles. The van der Waals surface area contributed by atoms with E-state index in [4.69, 9.17) is 0 Å². The summed E-state index contributed by atoms with van der Waals surface area (Å²) in [6, 6.07) is 2.14. The van der Waals surface area contributed by atoms with Crippen molar-refractivity contribution in [2.45, 2.75) is 26.2 Å². The molecule has 0 aliphatic carbocycles. The SMILES string of the molecule is CC[C@]1(C)CNC[C@@H]1c1ccn(C)n1. The van der Waals surface area contributed by atoms with E-state index < -0.39 is 0 Å². The minimum atomic E-state index is 0.383. The maximum atomic E-state index is 4.51. The van der Waals surface area contributed by atoms with Crippen molar-refractivity contribution in [2.75, 3.05) is 13.1 Å². The smallest absolute Gasteiger partial charge is 0.0673 e. The first-order valence-corrected chi connectivity index (χ1v) is 5.36. The number of nitrogens with zero attached hydrogens (tertiary/aromatic N) is 2. The molecular formula is C11H19N3. The molecule has 1 fully saturated rings. The van der Waals surface area contributed by atoms with Crippen LogP contribution in [0.5, 0.6) is 0 Å². The molecule has 0 saturated carbocycles. The van der Waals surface area contributed by atoms with Crippen LogP contribution in [0.1, 0.15) is 31.9 Å². The summed E-state index contributed by atoms with van der Waals surface area (Å²) in [6.07, 6.45) is 3.24. The van der Waals surface area contributed by atoms with Crippen molar-refractivity contribution in [3.05, 3.63) is 18.0 Å². The van der Waals surface area contributed by atoms with Crippen molar-refractivity contribution in [1.82, 2.24) is 15.1 Å². The molecule has 1 N–H and O–H groups in total. The molecular weight excluding hydrogens is 174 g/mol. The third-order valence-corrected chi connectivity index (χ3v) is 3.62. The summed E-state index contributed by atoms with van der Waals surface area (Å²) in [6.45, 7) is 6.81. The zero-order valence-electron chi connectivity index (χ0n) is 9.25. The normalized spacial score (nSPS) is 32.4. The van der Waals surface area contributed by atoms with Gasteiger partial charge in [0.15, 0.2) is 0 Å². The van der Waals surface area contributed by atoms with Crippen molar-refractivity contribution in [3.8, 4) is 0 Å². The van der Waals surface area contributed by atoms with Gasteiger partial charge in [-0.15, -0.1) is 0 Å². The molecule has 78 valence electrons. The van der Waals surface area contributed by atoms with Crippen LogP contribution in [-0.4, -0.2) is 22.9 Å². The molecule has 0 unspecified atom stereocenters. The van der Waals surface area contributed by atoms with Gasteiger partial charge < -0.3 is 5.32 Å². The summed E-state index contributed by atoms with van der Waals surface area (Å²) in [5, 5.41) is 7.99. The minimum Gasteiger partial charge on any atom is -0.315 e. The highest BCUT2D eigenvalue weighted by atomic mass is 15.3. The van der Waals surface area contributed by atoms with Gasteiger partial charge in [-0.2, -0.15) is 5.10 Å². The summed E-state index contributed by atoms with van der Waals surface area (Å²) >= 11 is 0. The topological polar surface area (TPSA) is 29.9 Å². The van der Waals surface area contributed by atoms with Gasteiger partial charge in [-0.3, -0.25) is 4.68 Å². The van der Waals surface area contributed by atoms with Crippen molar-refractivity contribution in [1.29, 1.82) is 0 Å². The fourth-order valence-corrected chi connectivity index (χ4v) is 2.32. The molecule has 3 nitrogen and oxygen atoms in total. The number of aromatic nitrogens is 2. The predicted molar refractivity (Wildman–Crippen MR) is 57.2 cm³/mol. The number of hydrogen-bond acceptors (Lipinski definition) is 2. The second-order valence-electron chi connectivity index (χ2n) is 4.61. The average molecular weight is 193 g/mol. The van der Waals surface area contributed by atoms with Crippen molar-refractivity contribution < 1.29 is 0 Å². The predicted octanol–water partition coefficient (Wildman–Crippen LogP) is 1.52. The lowest BCUT2D eigenvalue weighted by molar-refractivity contribution is 0.303. The van der Waals surface area contributed by atoms with Gasteiger partial charge in [0.1, 0.15) is 0 Å². The Kier molecular flexibility index (Phi) is 2.35. The molecule has 1 aromatic heterocycles. The number of hydrogen-bond donors (Lipinski definition) is 1. The summed E-state index contributed by atoms with van der Waals surface area (Å²) in [7, 11) is 1.98. The molecule has 2 heterocycles. The van der Waals surface area contributed by atoms with E-state index in [0.717, 1.165) is 13.1 Å². The lowest BCUT2D eigenvalue weighted by Crippen LogP contribution is -2.24. The van der Waals surface area contributed by atoms with Crippen LogP contribution < -0.4 is 5.32 Å². The molecule has 1 saturated heterocycles. The lowest BCUT2D eigenvalue weighted by atomic mass is 9.76. The van der Waals surface area contributed by atoms with Crippen LogP contribution in [0.25, 0.3) is 0 Å². The largest absolute Gasteiger partial charge is 0.315 e. The van der Waals surface area contributed by atoms with Gasteiger partial charge in [0, 0.05) is 32.3 Å². The van der Waals surface area contributed by atoms with E-state index in [2.05, 4.69) is 30.3 Å². The quantitative estimate of drug-likeness (QED) is 0.772. The number of rotatable bonds is 2. The molecule has 3 heteroatoms. The maximum Gasteiger partial charge on any atom is 0.0673 e. The van der Waals surface area contributed by atoms with Gasteiger partial charge in [-0.1, -0.05) is 13.8 Å². The third kappa shape index (κ3) is 1.46. The Labute approximate surface area is 85.5 Å². The van der Waals surface area contributed by atoms with E-state index in [1.54, 1.807) is 0 Å². The van der Waals surface area contributed by atoms with Gasteiger partial charge >= 0.3 is 0 Å². The van der Waals surface area contributed by atoms with E-state index in [-0.39, 0.29) is 0 Å².